The maximum absolute atomic E-state index is 12.2. The molecule has 0 aliphatic carbocycles. The number of ether oxygens (including phenoxy) is 1. The summed E-state index contributed by atoms with van der Waals surface area (Å²) >= 11 is 0. The van der Waals surface area contributed by atoms with Crippen LogP contribution in [-0.4, -0.2) is 46.9 Å². The maximum atomic E-state index is 12.2. The molecule has 0 atom stereocenters. The van der Waals surface area contributed by atoms with Crippen molar-refractivity contribution in [1.29, 1.82) is 0 Å². The third-order valence-corrected chi connectivity index (χ3v) is 3.98. The number of nitrogens with one attached hydrogen (secondary N) is 2. The zero-order valence-electron chi connectivity index (χ0n) is 15.3. The van der Waals surface area contributed by atoms with Crippen LogP contribution in [0.2, 0.25) is 0 Å². The van der Waals surface area contributed by atoms with Gasteiger partial charge >= 0.3 is 0 Å². The van der Waals surface area contributed by atoms with Gasteiger partial charge in [-0.2, -0.15) is 5.10 Å². The molecule has 0 unspecified atom stereocenters. The number of nitrogens with zero attached hydrogens (tertiary/aromatic N) is 2. The Morgan fingerprint density at radius 1 is 0.964 bits per heavy atom. The summed E-state index contributed by atoms with van der Waals surface area (Å²) in [5.74, 6) is 0.227. The minimum Gasteiger partial charge on any atom is -0.508 e. The monoisotopic (exact) mass is 380 g/mol. The van der Waals surface area contributed by atoms with Crippen molar-refractivity contribution >= 4 is 11.8 Å². The van der Waals surface area contributed by atoms with Crippen LogP contribution in [0, 0.1) is 0 Å². The lowest BCUT2D eigenvalue weighted by Crippen LogP contribution is -2.34. The van der Waals surface area contributed by atoms with E-state index in [4.69, 9.17) is 4.74 Å². The second kappa shape index (κ2) is 8.72. The highest BCUT2D eigenvalue weighted by Crippen LogP contribution is 2.14. The van der Waals surface area contributed by atoms with Crippen molar-refractivity contribution in [3.8, 4) is 17.2 Å². The van der Waals surface area contributed by atoms with E-state index in [1.54, 1.807) is 24.1 Å². The number of methoxy groups -OCH3 is 1. The van der Waals surface area contributed by atoms with Gasteiger partial charge in [-0.1, -0.05) is 0 Å². The third-order valence-electron chi connectivity index (χ3n) is 3.98. The highest BCUT2D eigenvalue weighted by Gasteiger charge is 2.10. The molecule has 3 aromatic rings. The molecular weight excluding hydrogens is 360 g/mol. The molecule has 2 aromatic carbocycles. The average molecular weight is 380 g/mol. The minimum absolute atomic E-state index is 0.0953. The van der Waals surface area contributed by atoms with E-state index >= 15 is 0 Å². The molecule has 0 saturated carbocycles. The number of benzene rings is 2. The molecule has 1 heterocycles. The van der Waals surface area contributed by atoms with Gasteiger partial charge in [-0.3, -0.25) is 9.59 Å². The predicted molar refractivity (Wildman–Crippen MR) is 103 cm³/mol. The van der Waals surface area contributed by atoms with Crippen LogP contribution < -0.4 is 15.4 Å². The largest absolute Gasteiger partial charge is 0.508 e. The predicted octanol–water partition coefficient (Wildman–Crippen LogP) is 1.75. The third kappa shape index (κ3) is 4.67. The number of carbonyl (C=O) groups excluding carboxylic acids is 2. The van der Waals surface area contributed by atoms with Crippen molar-refractivity contribution in [1.82, 2.24) is 20.4 Å². The van der Waals surface area contributed by atoms with Gasteiger partial charge in [-0.25, -0.2) is 4.68 Å². The number of phenols is 1. The van der Waals surface area contributed by atoms with Crippen LogP contribution in [0.15, 0.2) is 60.8 Å². The Morgan fingerprint density at radius 2 is 1.61 bits per heavy atom. The summed E-state index contributed by atoms with van der Waals surface area (Å²) in [7, 11) is 1.60. The molecule has 28 heavy (non-hydrogen) atoms. The van der Waals surface area contributed by atoms with Gasteiger partial charge < -0.3 is 20.5 Å². The van der Waals surface area contributed by atoms with Crippen LogP contribution in [-0.2, 0) is 0 Å². The van der Waals surface area contributed by atoms with Crippen molar-refractivity contribution in [2.45, 2.75) is 0 Å². The molecule has 0 aliphatic rings. The van der Waals surface area contributed by atoms with Gasteiger partial charge in [-0.15, -0.1) is 0 Å². The molecule has 1 aromatic heterocycles. The van der Waals surface area contributed by atoms with Gasteiger partial charge in [0.2, 0.25) is 0 Å². The van der Waals surface area contributed by atoms with Gasteiger partial charge in [0, 0.05) is 24.8 Å². The smallest absolute Gasteiger partial charge is 0.271 e. The van der Waals surface area contributed by atoms with Gasteiger partial charge in [0.15, 0.2) is 5.69 Å². The summed E-state index contributed by atoms with van der Waals surface area (Å²) in [5.41, 5.74) is 1.52. The van der Waals surface area contributed by atoms with E-state index in [1.807, 2.05) is 24.3 Å². The first-order valence-electron chi connectivity index (χ1n) is 8.62. The molecule has 3 rings (SSSR count). The van der Waals surface area contributed by atoms with Gasteiger partial charge in [0.25, 0.3) is 11.8 Å². The highest BCUT2D eigenvalue weighted by molar-refractivity contribution is 5.94. The quantitative estimate of drug-likeness (QED) is 0.542. The van der Waals surface area contributed by atoms with Crippen molar-refractivity contribution in [2.75, 3.05) is 20.2 Å². The molecule has 8 heteroatoms. The summed E-state index contributed by atoms with van der Waals surface area (Å²) in [6.45, 7) is 0.530. The van der Waals surface area contributed by atoms with E-state index in [1.165, 1.54) is 24.3 Å². The van der Waals surface area contributed by atoms with Crippen LogP contribution in [0.25, 0.3) is 5.69 Å². The Kier molecular flexibility index (Phi) is 5.91. The van der Waals surface area contributed by atoms with E-state index in [2.05, 4.69) is 15.7 Å². The Labute approximate surface area is 161 Å². The van der Waals surface area contributed by atoms with Crippen LogP contribution in [0.5, 0.6) is 11.5 Å². The van der Waals surface area contributed by atoms with Gasteiger partial charge in [0.1, 0.15) is 11.5 Å². The Morgan fingerprint density at radius 3 is 2.25 bits per heavy atom. The number of phenolic OH excluding ortho intramolecular Hbond substituents is 1. The summed E-state index contributed by atoms with van der Waals surface area (Å²) in [6.07, 6.45) is 1.70. The Hall–Kier alpha value is -3.81. The summed E-state index contributed by atoms with van der Waals surface area (Å²) in [6, 6.07) is 14.9. The van der Waals surface area contributed by atoms with E-state index in [9.17, 15) is 14.7 Å². The minimum atomic E-state index is -0.328. The number of hydrogen-bond acceptors (Lipinski definition) is 5. The van der Waals surface area contributed by atoms with Crippen molar-refractivity contribution < 1.29 is 19.4 Å². The molecule has 0 aliphatic heterocycles. The highest BCUT2D eigenvalue weighted by atomic mass is 16.5. The maximum Gasteiger partial charge on any atom is 0.271 e. The normalized spacial score (nSPS) is 10.3. The number of aromatic nitrogens is 2. The fraction of sp³-hybridized carbons (Fsp3) is 0.150. The summed E-state index contributed by atoms with van der Waals surface area (Å²) in [4.78, 5) is 24.1. The lowest BCUT2D eigenvalue weighted by Gasteiger charge is -2.06. The van der Waals surface area contributed by atoms with E-state index < -0.39 is 0 Å². The molecule has 0 spiro atoms. The van der Waals surface area contributed by atoms with Crippen LogP contribution in [0.1, 0.15) is 20.8 Å². The molecule has 8 nitrogen and oxygen atoms in total. The SMILES string of the molecule is COc1ccc(-n2ccc(C(=O)NCCNC(=O)c3ccc(O)cc3)n2)cc1. The van der Waals surface area contributed by atoms with Crippen LogP contribution >= 0.6 is 0 Å². The Balaban J connectivity index is 1.48. The number of amides is 2. The second-order valence-electron chi connectivity index (χ2n) is 5.90. The fourth-order valence-corrected chi connectivity index (χ4v) is 2.48. The molecular formula is C20H20N4O4. The summed E-state index contributed by atoms with van der Waals surface area (Å²) in [5, 5.41) is 18.9. The lowest BCUT2D eigenvalue weighted by molar-refractivity contribution is 0.0925. The molecule has 0 radical (unpaired) electrons. The number of aromatic hydroxyl groups is 1. The first-order valence-corrected chi connectivity index (χ1v) is 8.62. The topological polar surface area (TPSA) is 105 Å². The molecule has 0 bridgehead atoms. The van der Waals surface area contributed by atoms with Crippen molar-refractivity contribution in [2.24, 2.45) is 0 Å². The lowest BCUT2D eigenvalue weighted by atomic mass is 10.2. The van der Waals surface area contributed by atoms with Crippen LogP contribution in [0.3, 0.4) is 0 Å². The van der Waals surface area contributed by atoms with E-state index in [-0.39, 0.29) is 36.3 Å². The zero-order valence-corrected chi connectivity index (χ0v) is 15.3. The van der Waals surface area contributed by atoms with Crippen molar-refractivity contribution in [3.63, 3.8) is 0 Å². The molecule has 0 fully saturated rings. The van der Waals surface area contributed by atoms with E-state index in [0.717, 1.165) is 11.4 Å². The van der Waals surface area contributed by atoms with Crippen LogP contribution in [0.4, 0.5) is 0 Å². The molecule has 144 valence electrons. The first-order chi connectivity index (χ1) is 13.6. The number of hydrogen-bond donors (Lipinski definition) is 3. The zero-order chi connectivity index (χ0) is 19.9. The van der Waals surface area contributed by atoms with E-state index in [0.29, 0.717) is 5.56 Å². The molecule has 3 N–H and O–H groups in total. The van der Waals surface area contributed by atoms with Crippen molar-refractivity contribution in [3.05, 3.63) is 72.1 Å². The fourth-order valence-electron chi connectivity index (χ4n) is 2.48. The first kappa shape index (κ1) is 19.0. The van der Waals surface area contributed by atoms with Gasteiger partial charge in [-0.05, 0) is 54.6 Å². The molecule has 2 amide bonds. The average Bonchev–Trinajstić information content (AvgIpc) is 3.22. The second-order valence-corrected chi connectivity index (χ2v) is 5.90. The van der Waals surface area contributed by atoms with Gasteiger partial charge in [0.05, 0.1) is 12.8 Å². The Bertz CT molecular complexity index is 949. The standard InChI is InChI=1S/C20H20N4O4/c1-28-17-8-4-15(5-9-17)24-13-10-18(23-24)20(27)22-12-11-21-19(26)14-2-6-16(25)7-3-14/h2-10,13,25H,11-12H2,1H3,(H,21,26)(H,22,27). The molecule has 0 saturated heterocycles. The number of carbonyl (C=O) groups is 2. The summed E-state index contributed by atoms with van der Waals surface area (Å²) < 4.78 is 6.72. The number of rotatable bonds is 7.